The highest BCUT2D eigenvalue weighted by atomic mass is 16.8. The van der Waals surface area contributed by atoms with Crippen molar-refractivity contribution >= 4 is 5.91 Å². The molecular weight excluding hydrogens is 1180 g/mol. The number of ether oxygens (including phenoxy) is 6. The molecule has 0 aromatic heterocycles. The Morgan fingerprint density at radius 2 is 0.620 bits per heavy atom. The van der Waals surface area contributed by atoms with E-state index in [0.717, 1.165) is 57.8 Å². The van der Waals surface area contributed by atoms with Crippen LogP contribution in [0.4, 0.5) is 0 Å². The van der Waals surface area contributed by atoms with Crippen LogP contribution in [0.1, 0.15) is 328 Å². The molecule has 19 heteroatoms. The topological polar surface area (TPSA) is 307 Å². The molecule has 17 atom stereocenters. The number of amides is 1. The SMILES string of the molecule is CCCCCCCCCCCCCCCCCCCCCCCCCCCCCCCCCCCCCCCCCCC(=O)NC(COC1OC(CO)C(OC2OC(CO)C(OC3OC(CO)C(O)C(O)C3O)C(O)C2O)C(O)C1O)C(O)CCCCCCCCC. The van der Waals surface area contributed by atoms with Crippen LogP contribution in [0.25, 0.3) is 0 Å². The minimum absolute atomic E-state index is 0.240. The lowest BCUT2D eigenvalue weighted by Gasteiger charge is -2.48. The molecule has 19 nitrogen and oxygen atoms in total. The number of aliphatic hydroxyl groups is 11. The first-order valence-electron chi connectivity index (χ1n) is 38.3. The summed E-state index contributed by atoms with van der Waals surface area (Å²) < 4.78 is 34.3. The van der Waals surface area contributed by atoms with Gasteiger partial charge in [-0.15, -0.1) is 0 Å². The molecule has 0 radical (unpaired) electrons. The summed E-state index contributed by atoms with van der Waals surface area (Å²) in [6, 6.07) is -0.879. The molecule has 0 bridgehead atoms. The molecule has 92 heavy (non-hydrogen) atoms. The van der Waals surface area contributed by atoms with Crippen LogP contribution >= 0.6 is 0 Å². The molecule has 3 aliphatic heterocycles. The number of unbranched alkanes of at least 4 members (excludes halogenated alkanes) is 45. The Morgan fingerprint density at radius 1 is 0.348 bits per heavy atom. The Balaban J connectivity index is 1.21. The third-order valence-electron chi connectivity index (χ3n) is 19.7. The highest BCUT2D eigenvalue weighted by Gasteiger charge is 2.53. The predicted molar refractivity (Wildman–Crippen MR) is 361 cm³/mol. The number of carbonyl (C=O) groups is 1. The molecule has 0 aromatic rings. The zero-order valence-electron chi connectivity index (χ0n) is 58.1. The van der Waals surface area contributed by atoms with Gasteiger partial charge in [0.1, 0.15) is 73.2 Å². The zero-order chi connectivity index (χ0) is 66.8. The van der Waals surface area contributed by atoms with Gasteiger partial charge in [0.05, 0.1) is 38.6 Å². The quantitative estimate of drug-likeness (QED) is 0.0252. The van der Waals surface area contributed by atoms with Crippen molar-refractivity contribution in [1.82, 2.24) is 5.32 Å². The molecule has 3 aliphatic rings. The number of aliphatic hydroxyl groups excluding tert-OH is 11. The Bertz CT molecular complexity index is 1670. The second kappa shape index (κ2) is 55.6. The minimum atomic E-state index is -1.97. The van der Waals surface area contributed by atoms with Crippen molar-refractivity contribution < 1.29 is 89.4 Å². The Morgan fingerprint density at radius 3 is 0.946 bits per heavy atom. The minimum Gasteiger partial charge on any atom is -0.394 e. The first-order valence-corrected chi connectivity index (χ1v) is 38.3. The van der Waals surface area contributed by atoms with Crippen LogP contribution in [0.3, 0.4) is 0 Å². The molecule has 0 spiro atoms. The molecule has 3 fully saturated rings. The maximum atomic E-state index is 13.3. The van der Waals surface area contributed by atoms with E-state index in [2.05, 4.69) is 19.2 Å². The van der Waals surface area contributed by atoms with Crippen molar-refractivity contribution in [3.05, 3.63) is 0 Å². The van der Waals surface area contributed by atoms with Gasteiger partial charge in [0.2, 0.25) is 5.91 Å². The zero-order valence-corrected chi connectivity index (χ0v) is 58.1. The summed E-state index contributed by atoms with van der Waals surface area (Å²) in [6.07, 6.45) is 35.9. The standard InChI is InChI=1S/C73H141NO18/c1-3-5-7-9-11-12-13-14-15-16-17-18-19-20-21-22-23-24-25-26-27-28-29-30-31-32-33-34-35-36-37-38-39-40-41-42-43-45-47-49-51-61(79)74-56(57(78)50-48-46-44-10-8-6-4-2)55-87-71-67(85)64(82)69(59(53-76)89-71)92-73-68(86)65(83)70(60(54-77)90-73)91-72-66(84)63(81)62(80)58(52-75)88-72/h56-60,62-73,75-78,80-86H,3-55H2,1-2H3,(H,74,79). The molecule has 0 aromatic carbocycles. The predicted octanol–water partition coefficient (Wildman–Crippen LogP) is 11.5. The second-order valence-electron chi connectivity index (χ2n) is 27.8. The van der Waals surface area contributed by atoms with Crippen molar-refractivity contribution in [1.29, 1.82) is 0 Å². The van der Waals surface area contributed by atoms with E-state index in [4.69, 9.17) is 28.4 Å². The van der Waals surface area contributed by atoms with E-state index in [1.54, 1.807) is 0 Å². The van der Waals surface area contributed by atoms with E-state index in [-0.39, 0.29) is 18.9 Å². The largest absolute Gasteiger partial charge is 0.394 e. The van der Waals surface area contributed by atoms with Gasteiger partial charge in [0, 0.05) is 6.42 Å². The summed E-state index contributed by atoms with van der Waals surface area (Å²) in [5.41, 5.74) is 0. The number of hydrogen-bond acceptors (Lipinski definition) is 18. The molecular formula is C73H141NO18. The van der Waals surface area contributed by atoms with Gasteiger partial charge in [-0.3, -0.25) is 4.79 Å². The summed E-state index contributed by atoms with van der Waals surface area (Å²) in [6.45, 7) is 1.77. The number of nitrogens with one attached hydrogen (secondary N) is 1. The average molecular weight is 1320 g/mol. The summed E-state index contributed by atoms with van der Waals surface area (Å²) in [7, 11) is 0. The molecule has 3 heterocycles. The maximum absolute atomic E-state index is 13.3. The van der Waals surface area contributed by atoms with Crippen molar-refractivity contribution in [3.8, 4) is 0 Å². The van der Waals surface area contributed by atoms with Gasteiger partial charge in [-0.05, 0) is 12.8 Å². The number of carbonyl (C=O) groups excluding carboxylic acids is 1. The second-order valence-corrected chi connectivity index (χ2v) is 27.8. The van der Waals surface area contributed by atoms with Crippen LogP contribution in [-0.4, -0.2) is 193 Å². The van der Waals surface area contributed by atoms with Crippen molar-refractivity contribution in [2.75, 3.05) is 26.4 Å². The van der Waals surface area contributed by atoms with Gasteiger partial charge >= 0.3 is 0 Å². The Kier molecular flexibility index (Phi) is 51.4. The van der Waals surface area contributed by atoms with Crippen molar-refractivity contribution in [3.63, 3.8) is 0 Å². The lowest BCUT2D eigenvalue weighted by molar-refractivity contribution is -0.379. The lowest BCUT2D eigenvalue weighted by Crippen LogP contribution is -2.66. The Hall–Kier alpha value is -1.21. The van der Waals surface area contributed by atoms with Crippen molar-refractivity contribution in [2.24, 2.45) is 0 Å². The first-order chi connectivity index (χ1) is 44.8. The van der Waals surface area contributed by atoms with Crippen molar-refractivity contribution in [2.45, 2.75) is 433 Å². The van der Waals surface area contributed by atoms with E-state index in [9.17, 15) is 61.0 Å². The third kappa shape index (κ3) is 36.6. The fourth-order valence-electron chi connectivity index (χ4n) is 13.5. The Labute approximate surface area is 557 Å². The van der Waals surface area contributed by atoms with Crippen LogP contribution in [0.2, 0.25) is 0 Å². The van der Waals surface area contributed by atoms with E-state index >= 15 is 0 Å². The maximum Gasteiger partial charge on any atom is 0.220 e. The highest BCUT2D eigenvalue weighted by Crippen LogP contribution is 2.33. The monoisotopic (exact) mass is 1320 g/mol. The highest BCUT2D eigenvalue weighted by molar-refractivity contribution is 5.76. The fourth-order valence-corrected chi connectivity index (χ4v) is 13.5. The lowest BCUT2D eigenvalue weighted by atomic mass is 9.96. The molecule has 3 saturated heterocycles. The number of hydrogen-bond donors (Lipinski definition) is 12. The smallest absolute Gasteiger partial charge is 0.220 e. The van der Waals surface area contributed by atoms with Gasteiger partial charge in [-0.25, -0.2) is 0 Å². The van der Waals surface area contributed by atoms with Crippen LogP contribution in [0, 0.1) is 0 Å². The molecule has 1 amide bonds. The third-order valence-corrected chi connectivity index (χ3v) is 19.7. The van der Waals surface area contributed by atoms with E-state index in [1.807, 2.05) is 0 Å². The van der Waals surface area contributed by atoms with E-state index < -0.39 is 124 Å². The van der Waals surface area contributed by atoms with Crippen LogP contribution in [-0.2, 0) is 33.2 Å². The molecule has 12 N–H and O–H groups in total. The van der Waals surface area contributed by atoms with Crippen LogP contribution < -0.4 is 5.32 Å². The van der Waals surface area contributed by atoms with Crippen LogP contribution in [0.15, 0.2) is 0 Å². The van der Waals surface area contributed by atoms with Gasteiger partial charge in [0.25, 0.3) is 0 Å². The summed E-state index contributed by atoms with van der Waals surface area (Å²) in [4.78, 5) is 13.3. The number of rotatable bonds is 61. The van der Waals surface area contributed by atoms with Gasteiger partial charge in [-0.2, -0.15) is 0 Å². The van der Waals surface area contributed by atoms with Gasteiger partial charge in [0.15, 0.2) is 18.9 Å². The summed E-state index contributed by atoms with van der Waals surface area (Å²) in [5, 5.41) is 120. The van der Waals surface area contributed by atoms with Crippen LogP contribution in [0.5, 0.6) is 0 Å². The first kappa shape index (κ1) is 85.0. The summed E-state index contributed by atoms with van der Waals surface area (Å²) in [5.74, 6) is -0.240. The normalized spacial score (nSPS) is 27.6. The molecule has 0 saturated carbocycles. The van der Waals surface area contributed by atoms with E-state index in [1.165, 1.54) is 238 Å². The average Bonchev–Trinajstić information content (AvgIpc) is 0.856. The molecule has 17 unspecified atom stereocenters. The van der Waals surface area contributed by atoms with E-state index in [0.29, 0.717) is 12.8 Å². The fraction of sp³-hybridized carbons (Fsp3) is 0.986. The van der Waals surface area contributed by atoms with Gasteiger partial charge in [-0.1, -0.05) is 309 Å². The molecule has 546 valence electrons. The molecule has 0 aliphatic carbocycles. The summed E-state index contributed by atoms with van der Waals surface area (Å²) >= 11 is 0. The van der Waals surface area contributed by atoms with Gasteiger partial charge < -0.3 is 89.9 Å². The molecule has 3 rings (SSSR count).